The van der Waals surface area contributed by atoms with Gasteiger partial charge in [0, 0.05) is 11.7 Å². The van der Waals surface area contributed by atoms with Gasteiger partial charge in [-0.15, -0.1) is 0 Å². The highest BCUT2D eigenvalue weighted by molar-refractivity contribution is 5.71. The Morgan fingerprint density at radius 1 is 1.57 bits per heavy atom. The zero-order chi connectivity index (χ0) is 10.1. The Morgan fingerprint density at radius 3 is 3.07 bits per heavy atom. The van der Waals surface area contributed by atoms with Crippen molar-refractivity contribution >= 4 is 11.5 Å². The van der Waals surface area contributed by atoms with Crippen LogP contribution in [0.4, 0.5) is 11.5 Å². The summed E-state index contributed by atoms with van der Waals surface area (Å²) in [5.74, 6) is 0.890. The fourth-order valence-electron chi connectivity index (χ4n) is 1.72. The number of hydrogen-bond acceptors (Lipinski definition) is 4. The molecule has 0 unspecified atom stereocenters. The first-order valence-corrected chi connectivity index (χ1v) is 4.71. The molecule has 0 atom stereocenters. The van der Waals surface area contributed by atoms with Gasteiger partial charge in [-0.2, -0.15) is 0 Å². The lowest BCUT2D eigenvalue weighted by molar-refractivity contribution is 0.733. The molecular formula is C10H14N4. The van der Waals surface area contributed by atoms with Crippen molar-refractivity contribution in [1.82, 2.24) is 9.97 Å². The summed E-state index contributed by atoms with van der Waals surface area (Å²) in [5, 5.41) is 3.20. The number of rotatable bonds is 1. The van der Waals surface area contributed by atoms with Gasteiger partial charge in [0.05, 0.1) is 12.7 Å². The molecule has 14 heavy (non-hydrogen) atoms. The second-order valence-electron chi connectivity index (χ2n) is 3.64. The van der Waals surface area contributed by atoms with Gasteiger partial charge < -0.3 is 10.2 Å². The predicted molar refractivity (Wildman–Crippen MR) is 57.3 cm³/mol. The Labute approximate surface area is 83.7 Å². The predicted octanol–water partition coefficient (Wildman–Crippen LogP) is 1.63. The first kappa shape index (κ1) is 8.99. The first-order chi connectivity index (χ1) is 6.70. The zero-order valence-corrected chi connectivity index (χ0v) is 8.49. The van der Waals surface area contributed by atoms with Gasteiger partial charge >= 0.3 is 0 Å². The fourth-order valence-corrected chi connectivity index (χ4v) is 1.72. The molecule has 0 aromatic carbocycles. The molecule has 0 fully saturated rings. The van der Waals surface area contributed by atoms with Crippen LogP contribution in [0.15, 0.2) is 24.8 Å². The third-order valence-corrected chi connectivity index (χ3v) is 2.27. The third-order valence-electron chi connectivity index (χ3n) is 2.27. The molecule has 1 aromatic rings. The number of fused-ring (bicyclic) bond motifs is 1. The molecule has 0 radical (unpaired) electrons. The average molecular weight is 190 g/mol. The highest BCUT2D eigenvalue weighted by atomic mass is 15.3. The lowest BCUT2D eigenvalue weighted by Gasteiger charge is -2.35. The van der Waals surface area contributed by atoms with Crippen molar-refractivity contribution in [3.8, 4) is 0 Å². The van der Waals surface area contributed by atoms with E-state index < -0.39 is 0 Å². The van der Waals surface area contributed by atoms with Crippen LogP contribution in [0.2, 0.25) is 0 Å². The van der Waals surface area contributed by atoms with Gasteiger partial charge in [0.25, 0.3) is 0 Å². The monoisotopic (exact) mass is 190 g/mol. The summed E-state index contributed by atoms with van der Waals surface area (Å²) >= 11 is 0. The zero-order valence-electron chi connectivity index (χ0n) is 8.49. The lowest BCUT2D eigenvalue weighted by Crippen LogP contribution is -2.36. The molecule has 0 aliphatic carbocycles. The molecule has 74 valence electrons. The van der Waals surface area contributed by atoms with E-state index in [-0.39, 0.29) is 0 Å². The van der Waals surface area contributed by atoms with E-state index in [4.69, 9.17) is 0 Å². The van der Waals surface area contributed by atoms with Crippen LogP contribution in [-0.2, 0) is 0 Å². The Kier molecular flexibility index (Phi) is 2.11. The van der Waals surface area contributed by atoms with Gasteiger partial charge in [0.1, 0.15) is 12.0 Å². The van der Waals surface area contributed by atoms with E-state index in [0.29, 0.717) is 6.04 Å². The normalized spacial score (nSPS) is 15.4. The number of anilines is 2. The van der Waals surface area contributed by atoms with Crippen molar-refractivity contribution in [3.63, 3.8) is 0 Å². The molecule has 2 rings (SSSR count). The summed E-state index contributed by atoms with van der Waals surface area (Å²) in [4.78, 5) is 10.4. The van der Waals surface area contributed by atoms with E-state index in [0.717, 1.165) is 23.7 Å². The van der Waals surface area contributed by atoms with Crippen LogP contribution in [-0.4, -0.2) is 22.6 Å². The molecular weight excluding hydrogens is 176 g/mol. The molecule has 0 amide bonds. The maximum atomic E-state index is 4.18. The second-order valence-corrected chi connectivity index (χ2v) is 3.64. The largest absolute Gasteiger partial charge is 0.363 e. The van der Waals surface area contributed by atoms with Gasteiger partial charge in [-0.25, -0.2) is 9.97 Å². The Hall–Kier alpha value is -1.58. The quantitative estimate of drug-likeness (QED) is 0.730. The van der Waals surface area contributed by atoms with E-state index in [9.17, 15) is 0 Å². The smallest absolute Gasteiger partial charge is 0.153 e. The molecule has 1 aliphatic rings. The Balaban J connectivity index is 2.46. The van der Waals surface area contributed by atoms with Gasteiger partial charge in [0.15, 0.2) is 5.82 Å². The summed E-state index contributed by atoms with van der Waals surface area (Å²) in [7, 11) is 0. The highest BCUT2D eigenvalue weighted by Gasteiger charge is 2.22. The van der Waals surface area contributed by atoms with Crippen molar-refractivity contribution < 1.29 is 0 Å². The van der Waals surface area contributed by atoms with Crippen LogP contribution in [0.5, 0.6) is 0 Å². The molecule has 0 bridgehead atoms. The number of nitrogens with one attached hydrogen (secondary N) is 1. The summed E-state index contributed by atoms with van der Waals surface area (Å²) < 4.78 is 0. The number of nitrogens with zero attached hydrogens (tertiary/aromatic N) is 3. The van der Waals surface area contributed by atoms with E-state index in [1.165, 1.54) is 0 Å². The van der Waals surface area contributed by atoms with Crippen molar-refractivity contribution in [2.45, 2.75) is 19.9 Å². The summed E-state index contributed by atoms with van der Waals surface area (Å²) in [6, 6.07) is 0.384. The molecule has 2 heterocycles. The number of hydrogen-bond donors (Lipinski definition) is 1. The summed E-state index contributed by atoms with van der Waals surface area (Å²) in [6.07, 6.45) is 3.37. The molecule has 1 N–H and O–H groups in total. The van der Waals surface area contributed by atoms with Crippen molar-refractivity contribution in [2.75, 3.05) is 16.8 Å². The van der Waals surface area contributed by atoms with E-state index in [2.05, 4.69) is 40.6 Å². The Morgan fingerprint density at radius 2 is 2.36 bits per heavy atom. The highest BCUT2D eigenvalue weighted by Crippen LogP contribution is 2.30. The fraction of sp³-hybridized carbons (Fsp3) is 0.400. The van der Waals surface area contributed by atoms with Crippen LogP contribution in [0, 0.1) is 0 Å². The van der Waals surface area contributed by atoms with Gasteiger partial charge in [-0.1, -0.05) is 6.58 Å². The van der Waals surface area contributed by atoms with Gasteiger partial charge in [-0.05, 0) is 13.8 Å². The minimum atomic E-state index is 0.384. The van der Waals surface area contributed by atoms with Crippen LogP contribution < -0.4 is 10.2 Å². The molecule has 0 saturated carbocycles. The maximum absolute atomic E-state index is 4.18. The molecule has 0 spiro atoms. The molecule has 1 aliphatic heterocycles. The van der Waals surface area contributed by atoms with Crippen molar-refractivity contribution in [3.05, 3.63) is 24.8 Å². The minimum Gasteiger partial charge on any atom is -0.363 e. The second kappa shape index (κ2) is 3.29. The van der Waals surface area contributed by atoms with E-state index >= 15 is 0 Å². The van der Waals surface area contributed by atoms with Crippen LogP contribution in [0.1, 0.15) is 13.8 Å². The van der Waals surface area contributed by atoms with Crippen LogP contribution >= 0.6 is 0 Å². The summed E-state index contributed by atoms with van der Waals surface area (Å²) in [5.41, 5.74) is 2.07. The standard InChI is InChI=1S/C10H14N4/c1-7(2)14-8(3)4-12-10-9(14)5-11-6-13-10/h5-7H,3-4H2,1-2H3,(H,11,12,13). The lowest BCUT2D eigenvalue weighted by atomic mass is 10.2. The maximum Gasteiger partial charge on any atom is 0.153 e. The van der Waals surface area contributed by atoms with Crippen LogP contribution in [0.25, 0.3) is 0 Å². The topological polar surface area (TPSA) is 41.1 Å². The van der Waals surface area contributed by atoms with E-state index in [1.807, 2.05) is 6.20 Å². The average Bonchev–Trinajstić information content (AvgIpc) is 2.17. The minimum absolute atomic E-state index is 0.384. The van der Waals surface area contributed by atoms with Gasteiger partial charge in [-0.3, -0.25) is 0 Å². The van der Waals surface area contributed by atoms with Crippen molar-refractivity contribution in [1.29, 1.82) is 0 Å². The van der Waals surface area contributed by atoms with Gasteiger partial charge in [0.2, 0.25) is 0 Å². The van der Waals surface area contributed by atoms with Crippen LogP contribution in [0.3, 0.4) is 0 Å². The number of aromatic nitrogens is 2. The molecule has 4 heteroatoms. The van der Waals surface area contributed by atoms with E-state index in [1.54, 1.807) is 6.33 Å². The summed E-state index contributed by atoms with van der Waals surface area (Å²) in [6.45, 7) is 9.04. The first-order valence-electron chi connectivity index (χ1n) is 4.71. The van der Waals surface area contributed by atoms with Crippen molar-refractivity contribution in [2.24, 2.45) is 0 Å². The molecule has 4 nitrogen and oxygen atoms in total. The molecule has 0 saturated heterocycles. The molecule has 1 aromatic heterocycles. The SMILES string of the molecule is C=C1CNc2ncncc2N1C(C)C. The third kappa shape index (κ3) is 1.32. The Bertz CT molecular complexity index is 359.